The summed E-state index contributed by atoms with van der Waals surface area (Å²) in [5.74, 6) is 1.78. The van der Waals surface area contributed by atoms with Crippen molar-refractivity contribution in [2.75, 3.05) is 0 Å². The smallest absolute Gasteiger partial charge is 0.198 e. The Morgan fingerprint density at radius 2 is 1.09 bits per heavy atom. The van der Waals surface area contributed by atoms with Crippen LogP contribution in [0.25, 0.3) is 66.0 Å². The first kappa shape index (κ1) is 26.3. The van der Waals surface area contributed by atoms with Crippen molar-refractivity contribution in [3.8, 4) is 39.3 Å². The van der Waals surface area contributed by atoms with Crippen LogP contribution in [0.1, 0.15) is 22.8 Å². The molecule has 0 saturated carbocycles. The summed E-state index contributed by atoms with van der Waals surface area (Å²) < 4.78 is 2.31. The number of hydrogen-bond donors (Lipinski definition) is 0. The number of aryl methyl sites for hydroxylation is 4. The van der Waals surface area contributed by atoms with Crippen LogP contribution < -0.4 is 0 Å². The molecule has 2 heterocycles. The maximum absolute atomic E-state index is 7.88. The molecule has 5 aromatic carbocycles. The molecule has 2 aromatic heterocycles. The fraction of sp³-hybridized carbons (Fsp3) is 0.105. The molecular formula is C38H29N5. The summed E-state index contributed by atoms with van der Waals surface area (Å²) in [7, 11) is 0. The highest BCUT2D eigenvalue weighted by molar-refractivity contribution is 6.11. The molecule has 0 saturated heterocycles. The number of fused-ring (bicyclic) bond motifs is 3. The van der Waals surface area contributed by atoms with Crippen molar-refractivity contribution in [1.82, 2.24) is 19.5 Å². The van der Waals surface area contributed by atoms with E-state index >= 15 is 0 Å². The zero-order chi connectivity index (χ0) is 29.7. The van der Waals surface area contributed by atoms with Crippen molar-refractivity contribution in [3.63, 3.8) is 0 Å². The lowest BCUT2D eigenvalue weighted by Gasteiger charge is -2.13. The molecule has 0 bridgehead atoms. The number of benzene rings is 5. The van der Waals surface area contributed by atoms with Gasteiger partial charge in [0.25, 0.3) is 0 Å². The van der Waals surface area contributed by atoms with Gasteiger partial charge in [0, 0.05) is 22.0 Å². The van der Waals surface area contributed by atoms with Crippen LogP contribution in [-0.2, 0) is 0 Å². The standard InChI is InChI=1S/C38H29N5/c1-23-8-6-10-27(18-23)29-12-15-32-33-16-13-30(28-11-7-9-24(2)19-28)21-37(33)43(36(32)20-29)31-14-17-35(39-5)34(22-31)38-41-25(3)40-26(4)42-38/h6-22H,1-4H3. The first-order chi connectivity index (χ1) is 20.9. The summed E-state index contributed by atoms with van der Waals surface area (Å²) in [4.78, 5) is 17.4. The number of nitrogens with zero attached hydrogens (tertiary/aromatic N) is 5. The van der Waals surface area contributed by atoms with Crippen molar-refractivity contribution in [2.24, 2.45) is 0 Å². The maximum Gasteiger partial charge on any atom is 0.198 e. The van der Waals surface area contributed by atoms with Crippen LogP contribution in [0, 0.1) is 34.3 Å². The lowest BCUT2D eigenvalue weighted by Crippen LogP contribution is -2.00. The van der Waals surface area contributed by atoms with E-state index in [0.717, 1.165) is 27.8 Å². The van der Waals surface area contributed by atoms with Gasteiger partial charge in [-0.2, -0.15) is 0 Å². The molecule has 0 fully saturated rings. The minimum absolute atomic E-state index is 0.510. The lowest BCUT2D eigenvalue weighted by molar-refractivity contribution is 0.929. The van der Waals surface area contributed by atoms with Gasteiger partial charge in [-0.3, -0.25) is 0 Å². The highest BCUT2D eigenvalue weighted by atomic mass is 15.0. The van der Waals surface area contributed by atoms with E-state index in [0.29, 0.717) is 28.7 Å². The second kappa shape index (κ2) is 10.3. The van der Waals surface area contributed by atoms with E-state index in [9.17, 15) is 0 Å². The Hall–Kier alpha value is -5.60. The molecule has 43 heavy (non-hydrogen) atoms. The van der Waals surface area contributed by atoms with Crippen LogP contribution in [0.5, 0.6) is 0 Å². The predicted molar refractivity (Wildman–Crippen MR) is 176 cm³/mol. The normalized spacial score (nSPS) is 11.2. The second-order valence-corrected chi connectivity index (χ2v) is 11.1. The third-order valence-electron chi connectivity index (χ3n) is 7.93. The van der Waals surface area contributed by atoms with Gasteiger partial charge >= 0.3 is 0 Å². The summed E-state index contributed by atoms with van der Waals surface area (Å²) in [5, 5.41) is 2.34. The zero-order valence-electron chi connectivity index (χ0n) is 24.6. The first-order valence-electron chi connectivity index (χ1n) is 14.3. The highest BCUT2D eigenvalue weighted by Crippen LogP contribution is 2.39. The van der Waals surface area contributed by atoms with E-state index in [1.165, 1.54) is 33.0 Å². The van der Waals surface area contributed by atoms with Crippen molar-refractivity contribution < 1.29 is 0 Å². The zero-order valence-corrected chi connectivity index (χ0v) is 24.6. The van der Waals surface area contributed by atoms with Gasteiger partial charge in [-0.25, -0.2) is 19.8 Å². The SMILES string of the molecule is [C-]#[N+]c1ccc(-n2c3cc(-c4cccc(C)c4)ccc3c3ccc(-c4cccc(C)c4)cc32)cc1-c1nc(C)nc(C)n1. The first-order valence-corrected chi connectivity index (χ1v) is 14.3. The molecule has 0 amide bonds. The third-order valence-corrected chi connectivity index (χ3v) is 7.93. The van der Waals surface area contributed by atoms with Crippen LogP contribution in [0.4, 0.5) is 5.69 Å². The summed E-state index contributed by atoms with van der Waals surface area (Å²) >= 11 is 0. The second-order valence-electron chi connectivity index (χ2n) is 11.1. The summed E-state index contributed by atoms with van der Waals surface area (Å²) in [5.41, 5.74) is 11.5. The number of aromatic nitrogens is 4. The Labute approximate surface area is 251 Å². The van der Waals surface area contributed by atoms with Gasteiger partial charge in [0.05, 0.1) is 17.6 Å². The van der Waals surface area contributed by atoms with E-state index in [2.05, 4.69) is 123 Å². The lowest BCUT2D eigenvalue weighted by atomic mass is 10.0. The van der Waals surface area contributed by atoms with Crippen LogP contribution >= 0.6 is 0 Å². The van der Waals surface area contributed by atoms with Gasteiger partial charge in [-0.05, 0) is 74.2 Å². The van der Waals surface area contributed by atoms with E-state index in [1.807, 2.05) is 32.0 Å². The molecule has 7 aromatic rings. The Morgan fingerprint density at radius 3 is 1.60 bits per heavy atom. The Balaban J connectivity index is 1.54. The molecule has 0 radical (unpaired) electrons. The van der Waals surface area contributed by atoms with Gasteiger partial charge in [0.1, 0.15) is 11.6 Å². The maximum atomic E-state index is 7.88. The Bertz CT molecular complexity index is 2130. The molecule has 0 N–H and O–H groups in total. The fourth-order valence-corrected chi connectivity index (χ4v) is 5.98. The molecule has 0 atom stereocenters. The monoisotopic (exact) mass is 555 g/mol. The van der Waals surface area contributed by atoms with Crippen LogP contribution in [0.2, 0.25) is 0 Å². The van der Waals surface area contributed by atoms with Gasteiger partial charge < -0.3 is 4.57 Å². The highest BCUT2D eigenvalue weighted by Gasteiger charge is 2.18. The van der Waals surface area contributed by atoms with E-state index in [-0.39, 0.29) is 0 Å². The molecule has 0 aliphatic heterocycles. The molecule has 206 valence electrons. The van der Waals surface area contributed by atoms with Gasteiger partial charge in [-0.15, -0.1) is 0 Å². The predicted octanol–water partition coefficient (Wildman–Crippen LogP) is 9.75. The minimum Gasteiger partial charge on any atom is -0.309 e. The van der Waals surface area contributed by atoms with Crippen molar-refractivity contribution in [3.05, 3.63) is 137 Å². The van der Waals surface area contributed by atoms with Gasteiger partial charge in [0.2, 0.25) is 0 Å². The molecule has 0 aliphatic rings. The largest absolute Gasteiger partial charge is 0.309 e. The average Bonchev–Trinajstić information content (AvgIpc) is 3.33. The molecule has 5 nitrogen and oxygen atoms in total. The van der Waals surface area contributed by atoms with Gasteiger partial charge in [-0.1, -0.05) is 90.0 Å². The summed E-state index contributed by atoms with van der Waals surface area (Å²) in [6.07, 6.45) is 0. The number of rotatable bonds is 4. The molecule has 0 spiro atoms. The van der Waals surface area contributed by atoms with Crippen molar-refractivity contribution >= 4 is 27.5 Å². The molecular weight excluding hydrogens is 526 g/mol. The minimum atomic E-state index is 0.510. The van der Waals surface area contributed by atoms with Crippen LogP contribution in [0.3, 0.4) is 0 Å². The Morgan fingerprint density at radius 1 is 0.558 bits per heavy atom. The number of hydrogen-bond acceptors (Lipinski definition) is 3. The summed E-state index contributed by atoms with van der Waals surface area (Å²) in [6, 6.07) is 36.6. The topological polar surface area (TPSA) is 48.0 Å². The van der Waals surface area contributed by atoms with Gasteiger partial charge in [0.15, 0.2) is 11.5 Å². The molecule has 0 aliphatic carbocycles. The quantitative estimate of drug-likeness (QED) is 0.203. The summed E-state index contributed by atoms with van der Waals surface area (Å²) in [6.45, 7) is 15.8. The molecule has 5 heteroatoms. The fourth-order valence-electron chi connectivity index (χ4n) is 5.98. The van der Waals surface area contributed by atoms with Crippen molar-refractivity contribution in [1.29, 1.82) is 0 Å². The molecule has 0 unspecified atom stereocenters. The van der Waals surface area contributed by atoms with E-state index in [4.69, 9.17) is 6.57 Å². The molecule has 7 rings (SSSR count). The van der Waals surface area contributed by atoms with E-state index in [1.54, 1.807) is 0 Å². The van der Waals surface area contributed by atoms with Crippen LogP contribution in [-0.4, -0.2) is 19.5 Å². The Kier molecular flexibility index (Phi) is 6.33. The van der Waals surface area contributed by atoms with E-state index < -0.39 is 0 Å². The van der Waals surface area contributed by atoms with Crippen molar-refractivity contribution in [2.45, 2.75) is 27.7 Å². The van der Waals surface area contributed by atoms with Crippen LogP contribution in [0.15, 0.2) is 103 Å². The third kappa shape index (κ3) is 4.73. The average molecular weight is 556 g/mol.